The van der Waals surface area contributed by atoms with E-state index in [1.807, 2.05) is 18.3 Å². The lowest BCUT2D eigenvalue weighted by Crippen LogP contribution is -2.38. The maximum Gasteiger partial charge on any atom is 0.232 e. The number of rotatable bonds is 3. The van der Waals surface area contributed by atoms with Gasteiger partial charge < -0.3 is 10.1 Å². The van der Waals surface area contributed by atoms with Crippen molar-refractivity contribution in [3.63, 3.8) is 0 Å². The number of hydrogen-bond donors (Lipinski definition) is 1. The van der Waals surface area contributed by atoms with Crippen LogP contribution in [0.15, 0.2) is 24.5 Å². The molecule has 3 rings (SSSR count). The van der Waals surface area contributed by atoms with Crippen LogP contribution < -0.4 is 10.1 Å². The molecule has 1 saturated heterocycles. The van der Waals surface area contributed by atoms with Crippen molar-refractivity contribution in [1.29, 1.82) is 0 Å². The van der Waals surface area contributed by atoms with Gasteiger partial charge in [-0.3, -0.25) is 0 Å². The van der Waals surface area contributed by atoms with E-state index in [0.29, 0.717) is 11.8 Å². The van der Waals surface area contributed by atoms with Gasteiger partial charge in [-0.05, 0) is 32.4 Å². The molecule has 1 aliphatic rings. The van der Waals surface area contributed by atoms with E-state index in [9.17, 15) is 0 Å². The van der Waals surface area contributed by atoms with Crippen molar-refractivity contribution >= 4 is 5.65 Å². The predicted molar refractivity (Wildman–Crippen MR) is 68.7 cm³/mol. The third kappa shape index (κ3) is 2.31. The number of ether oxygens (including phenoxy) is 1. The zero-order valence-electron chi connectivity index (χ0n) is 10.5. The van der Waals surface area contributed by atoms with Crippen LogP contribution in [0.25, 0.3) is 5.65 Å². The Hall–Kier alpha value is -1.62. The first kappa shape index (κ1) is 11.5. The van der Waals surface area contributed by atoms with Crippen LogP contribution in [0.5, 0.6) is 5.88 Å². The highest BCUT2D eigenvalue weighted by atomic mass is 16.5. The largest absolute Gasteiger partial charge is 0.473 e. The fourth-order valence-electron chi connectivity index (χ4n) is 2.43. The van der Waals surface area contributed by atoms with Crippen molar-refractivity contribution < 1.29 is 4.74 Å². The molecule has 2 aromatic heterocycles. The van der Waals surface area contributed by atoms with Crippen molar-refractivity contribution in [2.24, 2.45) is 5.92 Å². The molecule has 0 saturated carbocycles. The van der Waals surface area contributed by atoms with Gasteiger partial charge in [0.05, 0.1) is 0 Å². The van der Waals surface area contributed by atoms with Crippen molar-refractivity contribution in [2.45, 2.75) is 25.9 Å². The molecule has 1 N–H and O–H groups in total. The Morgan fingerprint density at radius 1 is 1.50 bits per heavy atom. The number of piperidine rings is 1. The summed E-state index contributed by atoms with van der Waals surface area (Å²) in [5, 5.41) is 7.79. The molecule has 18 heavy (non-hydrogen) atoms. The Balaban J connectivity index is 1.70. The van der Waals surface area contributed by atoms with Gasteiger partial charge in [0.15, 0.2) is 5.65 Å². The maximum atomic E-state index is 5.93. The molecule has 0 bridgehead atoms. The minimum Gasteiger partial charge on any atom is -0.473 e. The minimum absolute atomic E-state index is 0.186. The summed E-state index contributed by atoms with van der Waals surface area (Å²) in [4.78, 5) is 4.16. The highest BCUT2D eigenvalue weighted by Crippen LogP contribution is 2.19. The molecular weight excluding hydrogens is 228 g/mol. The van der Waals surface area contributed by atoms with Gasteiger partial charge in [0.2, 0.25) is 5.88 Å². The Kier molecular flexibility index (Phi) is 3.15. The normalized spacial score (nSPS) is 21.9. The molecule has 96 valence electrons. The molecule has 3 heterocycles. The standard InChI is InChI=1S/C13H18N4O/c1-10(11-3-2-6-14-9-11)18-13-5-4-12-15-7-8-17(12)16-13/h4-5,7-8,10-11,14H,2-3,6,9H2,1H3. The van der Waals surface area contributed by atoms with Crippen molar-refractivity contribution in [1.82, 2.24) is 19.9 Å². The second-order valence-corrected chi connectivity index (χ2v) is 4.83. The van der Waals surface area contributed by atoms with Crippen molar-refractivity contribution in [3.8, 4) is 5.88 Å². The van der Waals surface area contributed by atoms with E-state index < -0.39 is 0 Å². The predicted octanol–water partition coefficient (Wildman–Crippen LogP) is 1.50. The van der Waals surface area contributed by atoms with Crippen LogP contribution in [-0.2, 0) is 0 Å². The average molecular weight is 246 g/mol. The van der Waals surface area contributed by atoms with Crippen LogP contribution in [0, 0.1) is 5.92 Å². The van der Waals surface area contributed by atoms with E-state index in [-0.39, 0.29) is 6.10 Å². The number of imidazole rings is 1. The fourth-order valence-corrected chi connectivity index (χ4v) is 2.43. The zero-order valence-corrected chi connectivity index (χ0v) is 10.5. The summed E-state index contributed by atoms with van der Waals surface area (Å²) >= 11 is 0. The first-order chi connectivity index (χ1) is 8.83. The average Bonchev–Trinajstić information content (AvgIpc) is 2.87. The number of nitrogens with one attached hydrogen (secondary N) is 1. The quantitative estimate of drug-likeness (QED) is 0.891. The molecule has 5 nitrogen and oxygen atoms in total. The first-order valence-electron chi connectivity index (χ1n) is 6.51. The number of hydrogen-bond acceptors (Lipinski definition) is 4. The third-order valence-corrected chi connectivity index (χ3v) is 3.54. The van der Waals surface area contributed by atoms with Gasteiger partial charge in [-0.2, -0.15) is 0 Å². The summed E-state index contributed by atoms with van der Waals surface area (Å²) < 4.78 is 7.67. The Labute approximate surface area is 106 Å². The number of nitrogens with zero attached hydrogens (tertiary/aromatic N) is 3. The second kappa shape index (κ2) is 4.94. The number of fused-ring (bicyclic) bond motifs is 1. The molecule has 0 radical (unpaired) electrons. The van der Waals surface area contributed by atoms with Crippen LogP contribution in [0.4, 0.5) is 0 Å². The molecule has 5 heteroatoms. The Morgan fingerprint density at radius 3 is 3.28 bits per heavy atom. The van der Waals surface area contributed by atoms with E-state index in [0.717, 1.165) is 18.7 Å². The summed E-state index contributed by atoms with van der Waals surface area (Å²) in [7, 11) is 0. The maximum absolute atomic E-state index is 5.93. The summed E-state index contributed by atoms with van der Waals surface area (Å²) in [6.07, 6.45) is 6.20. The van der Waals surface area contributed by atoms with E-state index in [1.54, 1.807) is 10.7 Å². The van der Waals surface area contributed by atoms with Crippen LogP contribution >= 0.6 is 0 Å². The minimum atomic E-state index is 0.186. The molecule has 1 aliphatic heterocycles. The Morgan fingerprint density at radius 2 is 2.44 bits per heavy atom. The van der Waals surface area contributed by atoms with Gasteiger partial charge in [0.1, 0.15) is 6.10 Å². The van der Waals surface area contributed by atoms with Crippen molar-refractivity contribution in [3.05, 3.63) is 24.5 Å². The second-order valence-electron chi connectivity index (χ2n) is 4.83. The van der Waals surface area contributed by atoms with Gasteiger partial charge in [0.25, 0.3) is 0 Å². The van der Waals surface area contributed by atoms with E-state index in [4.69, 9.17) is 4.74 Å². The van der Waals surface area contributed by atoms with Gasteiger partial charge in [-0.15, -0.1) is 5.10 Å². The smallest absolute Gasteiger partial charge is 0.232 e. The topological polar surface area (TPSA) is 51.5 Å². The molecule has 1 fully saturated rings. The van der Waals surface area contributed by atoms with Gasteiger partial charge >= 0.3 is 0 Å². The van der Waals surface area contributed by atoms with E-state index in [1.165, 1.54) is 12.8 Å². The third-order valence-electron chi connectivity index (χ3n) is 3.54. The molecule has 0 amide bonds. The first-order valence-corrected chi connectivity index (χ1v) is 6.51. The Bertz CT molecular complexity index is 518. The summed E-state index contributed by atoms with van der Waals surface area (Å²) in [5.74, 6) is 1.23. The SMILES string of the molecule is CC(Oc1ccc2nccn2n1)C1CCCNC1. The molecule has 2 unspecified atom stereocenters. The highest BCUT2D eigenvalue weighted by Gasteiger charge is 2.21. The monoisotopic (exact) mass is 246 g/mol. The summed E-state index contributed by atoms with van der Waals surface area (Å²) in [5.41, 5.74) is 0.842. The summed E-state index contributed by atoms with van der Waals surface area (Å²) in [6, 6.07) is 3.81. The van der Waals surface area contributed by atoms with Crippen LogP contribution in [-0.4, -0.2) is 33.8 Å². The van der Waals surface area contributed by atoms with Crippen LogP contribution in [0.1, 0.15) is 19.8 Å². The van der Waals surface area contributed by atoms with Gasteiger partial charge in [-0.1, -0.05) is 0 Å². The van der Waals surface area contributed by atoms with Gasteiger partial charge in [-0.25, -0.2) is 9.50 Å². The van der Waals surface area contributed by atoms with Crippen LogP contribution in [0.2, 0.25) is 0 Å². The number of aromatic nitrogens is 3. The van der Waals surface area contributed by atoms with Crippen molar-refractivity contribution in [2.75, 3.05) is 13.1 Å². The van der Waals surface area contributed by atoms with Crippen LogP contribution in [0.3, 0.4) is 0 Å². The molecule has 0 spiro atoms. The molecular formula is C13H18N4O. The molecule has 2 aromatic rings. The lowest BCUT2D eigenvalue weighted by Gasteiger charge is -2.28. The summed E-state index contributed by atoms with van der Waals surface area (Å²) in [6.45, 7) is 4.29. The molecule has 2 atom stereocenters. The van der Waals surface area contributed by atoms with Gasteiger partial charge in [0, 0.05) is 30.9 Å². The zero-order chi connectivity index (χ0) is 12.4. The van der Waals surface area contributed by atoms with E-state index >= 15 is 0 Å². The lowest BCUT2D eigenvalue weighted by atomic mass is 9.95. The molecule has 0 aliphatic carbocycles. The lowest BCUT2D eigenvalue weighted by molar-refractivity contribution is 0.124. The van der Waals surface area contributed by atoms with E-state index in [2.05, 4.69) is 22.3 Å². The fraction of sp³-hybridized carbons (Fsp3) is 0.538. The molecule has 0 aromatic carbocycles. The highest BCUT2D eigenvalue weighted by molar-refractivity contribution is 5.37.